The van der Waals surface area contributed by atoms with Gasteiger partial charge in [-0.1, -0.05) is 63.7 Å². The molecule has 0 saturated heterocycles. The second-order valence-electron chi connectivity index (χ2n) is 8.35. The predicted molar refractivity (Wildman–Crippen MR) is 118 cm³/mol. The zero-order chi connectivity index (χ0) is 20.7. The van der Waals surface area contributed by atoms with Gasteiger partial charge in [0.15, 0.2) is 10.9 Å². The van der Waals surface area contributed by atoms with Crippen molar-refractivity contribution in [3.63, 3.8) is 0 Å². The fourth-order valence-corrected chi connectivity index (χ4v) is 4.87. The van der Waals surface area contributed by atoms with Gasteiger partial charge in [-0.05, 0) is 29.9 Å². The number of Topliss-reactive ketones (excluding diaryl/α,β-unsaturated/α-hetero) is 1. The monoisotopic (exact) mass is 409 g/mol. The molecule has 0 radical (unpaired) electrons. The normalized spacial score (nSPS) is 18.7. The number of nitrogens with one attached hydrogen (secondary N) is 2. The minimum absolute atomic E-state index is 0.127. The summed E-state index contributed by atoms with van der Waals surface area (Å²) in [5.74, 6) is 0.770. The Hall–Kier alpha value is -2.34. The zero-order valence-electron chi connectivity index (χ0n) is 17.3. The number of hydrogen-bond donors (Lipinski definition) is 2. The summed E-state index contributed by atoms with van der Waals surface area (Å²) in [7, 11) is 0. The fraction of sp³-hybridized carbons (Fsp3) is 0.435. The SMILES string of the molecule is CC(C)Sc1nc2c(c(=O)[nH]1)[C@@H](c1ccc(C(C)C)cc1)C1=C(CCCC1=O)N2. The number of nitrogens with zero attached hydrogens (tertiary/aromatic N) is 1. The van der Waals surface area contributed by atoms with Crippen molar-refractivity contribution in [2.75, 3.05) is 5.32 Å². The maximum absolute atomic E-state index is 13.1. The number of ketones is 1. The molecule has 152 valence electrons. The predicted octanol–water partition coefficient (Wildman–Crippen LogP) is 4.96. The van der Waals surface area contributed by atoms with Crippen LogP contribution in [0.2, 0.25) is 0 Å². The Morgan fingerprint density at radius 3 is 2.45 bits per heavy atom. The number of aromatic nitrogens is 2. The molecule has 0 saturated carbocycles. The van der Waals surface area contributed by atoms with Crippen LogP contribution in [0.15, 0.2) is 45.5 Å². The van der Waals surface area contributed by atoms with Crippen LogP contribution in [-0.4, -0.2) is 21.0 Å². The topological polar surface area (TPSA) is 74.8 Å². The van der Waals surface area contributed by atoms with Crippen molar-refractivity contribution in [3.05, 3.63) is 62.6 Å². The second-order valence-corrected chi connectivity index (χ2v) is 9.91. The molecule has 2 aliphatic rings. The van der Waals surface area contributed by atoms with E-state index >= 15 is 0 Å². The van der Waals surface area contributed by atoms with E-state index in [2.05, 4.69) is 62.3 Å². The van der Waals surface area contributed by atoms with E-state index in [1.165, 1.54) is 17.3 Å². The summed E-state index contributed by atoms with van der Waals surface area (Å²) in [6.45, 7) is 8.44. The summed E-state index contributed by atoms with van der Waals surface area (Å²) < 4.78 is 0. The number of thioether (sulfide) groups is 1. The number of aromatic amines is 1. The molecular weight excluding hydrogens is 382 g/mol. The number of anilines is 1. The molecule has 0 unspecified atom stereocenters. The lowest BCUT2D eigenvalue weighted by Crippen LogP contribution is -2.32. The average molecular weight is 410 g/mol. The van der Waals surface area contributed by atoms with Crippen LogP contribution in [0.4, 0.5) is 5.82 Å². The van der Waals surface area contributed by atoms with Crippen LogP contribution in [-0.2, 0) is 4.79 Å². The van der Waals surface area contributed by atoms with Gasteiger partial charge in [-0.25, -0.2) is 4.98 Å². The van der Waals surface area contributed by atoms with E-state index in [1.807, 2.05) is 0 Å². The summed E-state index contributed by atoms with van der Waals surface area (Å²) in [5.41, 5.74) is 4.24. The van der Waals surface area contributed by atoms with Gasteiger partial charge in [0, 0.05) is 28.9 Å². The van der Waals surface area contributed by atoms with Crippen molar-refractivity contribution in [2.24, 2.45) is 0 Å². The fourth-order valence-electron chi connectivity index (χ4n) is 4.13. The molecule has 0 spiro atoms. The Labute approximate surface area is 175 Å². The third kappa shape index (κ3) is 3.78. The minimum Gasteiger partial charge on any atom is -0.343 e. The highest BCUT2D eigenvalue weighted by molar-refractivity contribution is 7.99. The molecule has 1 aliphatic heterocycles. The van der Waals surface area contributed by atoms with Crippen LogP contribution in [0.1, 0.15) is 75.5 Å². The Morgan fingerprint density at radius 2 is 1.79 bits per heavy atom. The van der Waals surface area contributed by atoms with Gasteiger partial charge in [-0.3, -0.25) is 9.59 Å². The van der Waals surface area contributed by atoms with E-state index < -0.39 is 0 Å². The first-order valence-electron chi connectivity index (χ1n) is 10.3. The summed E-state index contributed by atoms with van der Waals surface area (Å²) in [5, 5.41) is 4.25. The Morgan fingerprint density at radius 1 is 1.07 bits per heavy atom. The third-order valence-electron chi connectivity index (χ3n) is 5.52. The second kappa shape index (κ2) is 7.82. The lowest BCUT2D eigenvalue weighted by Gasteiger charge is -2.33. The van der Waals surface area contributed by atoms with Crippen LogP contribution in [0.5, 0.6) is 0 Å². The zero-order valence-corrected chi connectivity index (χ0v) is 18.2. The highest BCUT2D eigenvalue weighted by atomic mass is 32.2. The van der Waals surface area contributed by atoms with Crippen molar-refractivity contribution in [3.8, 4) is 0 Å². The Bertz CT molecular complexity index is 1040. The highest BCUT2D eigenvalue weighted by Crippen LogP contribution is 2.43. The van der Waals surface area contributed by atoms with E-state index in [0.29, 0.717) is 34.1 Å². The maximum atomic E-state index is 13.1. The quantitative estimate of drug-likeness (QED) is 0.551. The molecule has 1 atom stereocenters. The third-order valence-corrected chi connectivity index (χ3v) is 6.41. The molecule has 5 nitrogen and oxygen atoms in total. The smallest absolute Gasteiger partial charge is 0.257 e. The molecule has 1 aromatic heterocycles. The first-order valence-corrected chi connectivity index (χ1v) is 11.2. The van der Waals surface area contributed by atoms with Crippen LogP contribution < -0.4 is 10.9 Å². The number of carbonyl (C=O) groups is 1. The first-order chi connectivity index (χ1) is 13.8. The van der Waals surface area contributed by atoms with Crippen molar-refractivity contribution in [2.45, 2.75) is 69.2 Å². The average Bonchev–Trinajstić information content (AvgIpc) is 2.66. The molecule has 1 aliphatic carbocycles. The highest BCUT2D eigenvalue weighted by Gasteiger charge is 2.37. The van der Waals surface area contributed by atoms with E-state index in [4.69, 9.17) is 4.98 Å². The summed E-state index contributed by atoms with van der Waals surface area (Å²) in [6, 6.07) is 8.30. The first kappa shape index (κ1) is 20.0. The summed E-state index contributed by atoms with van der Waals surface area (Å²) in [6.07, 6.45) is 2.17. The number of carbonyl (C=O) groups excluding carboxylic acids is 1. The summed E-state index contributed by atoms with van der Waals surface area (Å²) >= 11 is 1.53. The molecule has 29 heavy (non-hydrogen) atoms. The Kier molecular flexibility index (Phi) is 5.38. The molecule has 2 N–H and O–H groups in total. The van der Waals surface area contributed by atoms with Gasteiger partial charge >= 0.3 is 0 Å². The van der Waals surface area contributed by atoms with Gasteiger partial charge in [0.25, 0.3) is 5.56 Å². The van der Waals surface area contributed by atoms with E-state index in [-0.39, 0.29) is 17.3 Å². The molecular formula is C23H27N3O2S. The van der Waals surface area contributed by atoms with Crippen LogP contribution in [0.3, 0.4) is 0 Å². The van der Waals surface area contributed by atoms with Gasteiger partial charge in [-0.15, -0.1) is 0 Å². The lowest BCUT2D eigenvalue weighted by atomic mass is 9.76. The molecule has 2 heterocycles. The van der Waals surface area contributed by atoms with Gasteiger partial charge in [0.2, 0.25) is 0 Å². The van der Waals surface area contributed by atoms with Crippen LogP contribution in [0, 0.1) is 0 Å². The largest absolute Gasteiger partial charge is 0.343 e. The molecule has 0 bridgehead atoms. The van der Waals surface area contributed by atoms with Crippen molar-refractivity contribution >= 4 is 23.4 Å². The molecule has 0 amide bonds. The van der Waals surface area contributed by atoms with E-state index in [0.717, 1.165) is 29.7 Å². The van der Waals surface area contributed by atoms with Crippen molar-refractivity contribution < 1.29 is 4.79 Å². The van der Waals surface area contributed by atoms with Gasteiger partial charge < -0.3 is 10.3 Å². The molecule has 1 aromatic carbocycles. The molecule has 4 rings (SSSR count). The van der Waals surface area contributed by atoms with Crippen LogP contribution in [0.25, 0.3) is 0 Å². The molecule has 6 heteroatoms. The van der Waals surface area contributed by atoms with E-state index in [9.17, 15) is 9.59 Å². The minimum atomic E-state index is -0.371. The van der Waals surface area contributed by atoms with Crippen LogP contribution >= 0.6 is 11.8 Å². The molecule has 0 fully saturated rings. The standard InChI is InChI=1S/C23H27N3O2S/c1-12(2)14-8-10-15(11-9-14)18-19-16(6-5-7-17(19)27)24-21-20(18)22(28)26-23(25-21)29-13(3)4/h8-13,18H,5-7H2,1-4H3,(H2,24,25,26,28)/t18-/m0/s1. The number of rotatable bonds is 4. The summed E-state index contributed by atoms with van der Waals surface area (Å²) in [4.78, 5) is 33.6. The van der Waals surface area contributed by atoms with Gasteiger partial charge in [0.05, 0.1) is 5.56 Å². The van der Waals surface area contributed by atoms with Crippen molar-refractivity contribution in [1.29, 1.82) is 0 Å². The van der Waals surface area contributed by atoms with E-state index in [1.54, 1.807) is 0 Å². The van der Waals surface area contributed by atoms with Gasteiger partial charge in [0.1, 0.15) is 5.82 Å². The number of allylic oxidation sites excluding steroid dienone is 2. The van der Waals surface area contributed by atoms with Gasteiger partial charge in [-0.2, -0.15) is 0 Å². The molecule has 2 aromatic rings. The lowest BCUT2D eigenvalue weighted by molar-refractivity contribution is -0.116. The van der Waals surface area contributed by atoms with Crippen molar-refractivity contribution in [1.82, 2.24) is 9.97 Å². The number of benzene rings is 1. The number of H-pyrrole nitrogens is 1. The number of fused-ring (bicyclic) bond motifs is 1. The Balaban J connectivity index is 1.88. The number of hydrogen-bond acceptors (Lipinski definition) is 5. The maximum Gasteiger partial charge on any atom is 0.257 e.